The molecule has 78 valence electrons. The summed E-state index contributed by atoms with van der Waals surface area (Å²) in [4.78, 5) is 26.4. The Bertz CT molecular complexity index is 371. The molecule has 0 saturated carbocycles. The molecule has 15 heavy (non-hydrogen) atoms. The number of rotatable bonds is 4. The Labute approximate surface area is 87.5 Å². The second-order valence-corrected chi connectivity index (χ2v) is 2.94. The fourth-order valence-electron chi connectivity index (χ4n) is 0.878. The molecule has 1 rings (SSSR count). The number of carbonyl (C=O) groups is 2. The van der Waals surface area contributed by atoms with E-state index in [4.69, 9.17) is 0 Å². The first kappa shape index (κ1) is 11.1. The lowest BCUT2D eigenvalue weighted by molar-refractivity contribution is -0.115. The molecule has 0 aliphatic heterocycles. The van der Waals surface area contributed by atoms with E-state index in [0.29, 0.717) is 5.56 Å². The SMILES string of the molecule is CC(=O)CC=NOC(=O)c1ccccc1. The second-order valence-electron chi connectivity index (χ2n) is 2.94. The number of ketones is 1. The van der Waals surface area contributed by atoms with Crippen LogP contribution >= 0.6 is 0 Å². The average Bonchev–Trinajstić information content (AvgIpc) is 2.25. The average molecular weight is 205 g/mol. The molecule has 1 aromatic rings. The summed E-state index contributed by atoms with van der Waals surface area (Å²) in [5.41, 5.74) is 0.428. The molecule has 0 aliphatic carbocycles. The van der Waals surface area contributed by atoms with Crippen molar-refractivity contribution in [2.75, 3.05) is 0 Å². The molecule has 0 aliphatic rings. The Kier molecular flexibility index (Phi) is 4.22. The van der Waals surface area contributed by atoms with Gasteiger partial charge in [0, 0.05) is 6.42 Å². The standard InChI is InChI=1S/C11H11NO3/c1-9(13)7-8-12-15-11(14)10-5-3-2-4-6-10/h2-6,8H,7H2,1H3. The Morgan fingerprint density at radius 3 is 2.60 bits per heavy atom. The zero-order valence-corrected chi connectivity index (χ0v) is 8.34. The summed E-state index contributed by atoms with van der Waals surface area (Å²) in [6, 6.07) is 8.52. The predicted octanol–water partition coefficient (Wildman–Crippen LogP) is 1.81. The molecule has 4 nitrogen and oxygen atoms in total. The van der Waals surface area contributed by atoms with E-state index >= 15 is 0 Å². The van der Waals surface area contributed by atoms with Crippen LogP contribution < -0.4 is 0 Å². The maximum absolute atomic E-state index is 11.3. The maximum atomic E-state index is 11.3. The first-order valence-corrected chi connectivity index (χ1v) is 4.48. The van der Waals surface area contributed by atoms with E-state index < -0.39 is 5.97 Å². The summed E-state index contributed by atoms with van der Waals surface area (Å²) in [5, 5.41) is 3.39. The zero-order chi connectivity index (χ0) is 11.1. The van der Waals surface area contributed by atoms with Crippen LogP contribution in [0.4, 0.5) is 0 Å². The highest BCUT2D eigenvalue weighted by Gasteiger charge is 2.04. The first-order chi connectivity index (χ1) is 7.20. The molecular formula is C11H11NO3. The summed E-state index contributed by atoms with van der Waals surface area (Å²) < 4.78 is 0. The monoisotopic (exact) mass is 205 g/mol. The lowest BCUT2D eigenvalue weighted by atomic mass is 10.2. The van der Waals surface area contributed by atoms with Crippen LogP contribution in [-0.4, -0.2) is 18.0 Å². The van der Waals surface area contributed by atoms with E-state index in [1.165, 1.54) is 13.1 Å². The summed E-state index contributed by atoms with van der Waals surface area (Å²) in [5.74, 6) is -0.565. The molecule has 0 aromatic heterocycles. The van der Waals surface area contributed by atoms with E-state index in [-0.39, 0.29) is 12.2 Å². The van der Waals surface area contributed by atoms with E-state index in [1.807, 2.05) is 0 Å². The first-order valence-electron chi connectivity index (χ1n) is 4.48. The number of nitrogens with zero attached hydrogens (tertiary/aromatic N) is 1. The van der Waals surface area contributed by atoms with Gasteiger partial charge < -0.3 is 4.84 Å². The lowest BCUT2D eigenvalue weighted by Crippen LogP contribution is -2.00. The number of oxime groups is 1. The van der Waals surface area contributed by atoms with Gasteiger partial charge in [-0.15, -0.1) is 0 Å². The van der Waals surface area contributed by atoms with Gasteiger partial charge in [-0.25, -0.2) is 4.79 Å². The van der Waals surface area contributed by atoms with Crippen LogP contribution in [0.3, 0.4) is 0 Å². The van der Waals surface area contributed by atoms with Crippen LogP contribution in [0.15, 0.2) is 35.5 Å². The highest BCUT2D eigenvalue weighted by atomic mass is 16.7. The van der Waals surface area contributed by atoms with E-state index in [1.54, 1.807) is 30.3 Å². The molecule has 0 radical (unpaired) electrons. The number of carbonyl (C=O) groups excluding carboxylic acids is 2. The molecule has 0 saturated heterocycles. The van der Waals surface area contributed by atoms with Gasteiger partial charge in [-0.1, -0.05) is 23.4 Å². The highest BCUT2D eigenvalue weighted by molar-refractivity contribution is 5.91. The van der Waals surface area contributed by atoms with Gasteiger partial charge in [-0.2, -0.15) is 0 Å². The molecule has 0 spiro atoms. The van der Waals surface area contributed by atoms with Gasteiger partial charge in [-0.3, -0.25) is 4.79 Å². The second kappa shape index (κ2) is 5.70. The van der Waals surface area contributed by atoms with Crippen LogP contribution in [-0.2, 0) is 9.63 Å². The third kappa shape index (κ3) is 4.17. The molecule has 4 heteroatoms. The third-order valence-electron chi connectivity index (χ3n) is 1.60. The van der Waals surface area contributed by atoms with E-state index in [2.05, 4.69) is 9.99 Å². The summed E-state index contributed by atoms with van der Waals surface area (Å²) in [6.07, 6.45) is 1.44. The normalized spacial score (nSPS) is 10.2. The molecule has 0 N–H and O–H groups in total. The van der Waals surface area contributed by atoms with Gasteiger partial charge >= 0.3 is 5.97 Å². The lowest BCUT2D eigenvalue weighted by Gasteiger charge is -1.95. The predicted molar refractivity (Wildman–Crippen MR) is 55.6 cm³/mol. The minimum Gasteiger partial charge on any atom is -0.313 e. The molecule has 0 unspecified atom stereocenters. The van der Waals surface area contributed by atoms with Crippen molar-refractivity contribution in [3.05, 3.63) is 35.9 Å². The van der Waals surface area contributed by atoms with Crippen LogP contribution in [0.1, 0.15) is 23.7 Å². The molecule has 0 bridgehead atoms. The number of Topliss-reactive ketones (excluding diaryl/α,β-unsaturated/α-hetero) is 1. The quantitative estimate of drug-likeness (QED) is 0.428. The van der Waals surface area contributed by atoms with Gasteiger partial charge in [-0.05, 0) is 19.1 Å². The summed E-state index contributed by atoms with van der Waals surface area (Å²) >= 11 is 0. The fourth-order valence-corrected chi connectivity index (χ4v) is 0.878. The molecule has 0 amide bonds. The van der Waals surface area contributed by atoms with Gasteiger partial charge in [0.15, 0.2) is 0 Å². The third-order valence-corrected chi connectivity index (χ3v) is 1.60. The molecule has 1 aromatic carbocycles. The maximum Gasteiger partial charge on any atom is 0.365 e. The van der Waals surface area contributed by atoms with E-state index in [0.717, 1.165) is 0 Å². The Morgan fingerprint density at radius 1 is 1.33 bits per heavy atom. The van der Waals surface area contributed by atoms with Crippen LogP contribution in [0, 0.1) is 0 Å². The van der Waals surface area contributed by atoms with Crippen molar-refractivity contribution in [2.24, 2.45) is 5.16 Å². The van der Waals surface area contributed by atoms with Gasteiger partial charge in [0.1, 0.15) is 5.78 Å². The van der Waals surface area contributed by atoms with Crippen molar-refractivity contribution >= 4 is 18.0 Å². The molecular weight excluding hydrogens is 194 g/mol. The minimum atomic E-state index is -0.532. The molecule has 0 atom stereocenters. The molecule has 0 heterocycles. The van der Waals surface area contributed by atoms with Crippen molar-refractivity contribution in [3.63, 3.8) is 0 Å². The number of hydrogen-bond acceptors (Lipinski definition) is 4. The van der Waals surface area contributed by atoms with Gasteiger partial charge in [0.2, 0.25) is 0 Å². The summed E-state index contributed by atoms with van der Waals surface area (Å²) in [6.45, 7) is 1.44. The Hall–Kier alpha value is -1.97. The van der Waals surface area contributed by atoms with Crippen LogP contribution in [0.5, 0.6) is 0 Å². The summed E-state index contributed by atoms with van der Waals surface area (Å²) in [7, 11) is 0. The topological polar surface area (TPSA) is 55.7 Å². The largest absolute Gasteiger partial charge is 0.365 e. The highest BCUT2D eigenvalue weighted by Crippen LogP contribution is 2.00. The number of benzene rings is 1. The van der Waals surface area contributed by atoms with Crippen molar-refractivity contribution in [3.8, 4) is 0 Å². The fraction of sp³-hybridized carbons (Fsp3) is 0.182. The minimum absolute atomic E-state index is 0.0329. The Morgan fingerprint density at radius 2 is 2.00 bits per heavy atom. The van der Waals surface area contributed by atoms with Crippen LogP contribution in [0.25, 0.3) is 0 Å². The Balaban J connectivity index is 2.44. The van der Waals surface area contributed by atoms with Gasteiger partial charge in [0.05, 0.1) is 11.8 Å². The van der Waals surface area contributed by atoms with Crippen molar-refractivity contribution in [1.82, 2.24) is 0 Å². The molecule has 0 fully saturated rings. The number of hydrogen-bond donors (Lipinski definition) is 0. The van der Waals surface area contributed by atoms with Crippen molar-refractivity contribution < 1.29 is 14.4 Å². The smallest absolute Gasteiger partial charge is 0.313 e. The van der Waals surface area contributed by atoms with Gasteiger partial charge in [0.25, 0.3) is 0 Å². The van der Waals surface area contributed by atoms with E-state index in [9.17, 15) is 9.59 Å². The van der Waals surface area contributed by atoms with Crippen molar-refractivity contribution in [2.45, 2.75) is 13.3 Å². The zero-order valence-electron chi connectivity index (χ0n) is 8.34. The van der Waals surface area contributed by atoms with Crippen LogP contribution in [0.2, 0.25) is 0 Å². The van der Waals surface area contributed by atoms with Crippen molar-refractivity contribution in [1.29, 1.82) is 0 Å².